The van der Waals surface area contributed by atoms with Crippen molar-refractivity contribution in [1.82, 2.24) is 15.1 Å². The maximum atomic E-state index is 11.7. The van der Waals surface area contributed by atoms with Crippen molar-refractivity contribution in [2.45, 2.75) is 32.2 Å². The molecule has 106 valence electrons. The van der Waals surface area contributed by atoms with Crippen molar-refractivity contribution >= 4 is 12.0 Å². The van der Waals surface area contributed by atoms with Gasteiger partial charge in [-0.25, -0.2) is 4.79 Å². The van der Waals surface area contributed by atoms with Gasteiger partial charge < -0.3 is 20.2 Å². The summed E-state index contributed by atoms with van der Waals surface area (Å²) in [5, 5.41) is 11.4. The molecule has 1 unspecified atom stereocenters. The molecule has 0 saturated heterocycles. The first-order valence-corrected chi connectivity index (χ1v) is 6.21. The predicted octanol–water partition coefficient (Wildman–Crippen LogP) is 0.833. The summed E-state index contributed by atoms with van der Waals surface area (Å²) in [6.07, 6.45) is 1.46. The van der Waals surface area contributed by atoms with Gasteiger partial charge in [-0.3, -0.25) is 4.79 Å². The fourth-order valence-corrected chi connectivity index (χ4v) is 1.41. The van der Waals surface area contributed by atoms with Crippen LogP contribution < -0.4 is 5.32 Å². The number of carbonyl (C=O) groups is 2. The van der Waals surface area contributed by atoms with Crippen LogP contribution in [0.1, 0.15) is 26.2 Å². The van der Waals surface area contributed by atoms with Gasteiger partial charge in [0.1, 0.15) is 0 Å². The summed E-state index contributed by atoms with van der Waals surface area (Å²) in [5.74, 6) is -0.830. The first-order valence-electron chi connectivity index (χ1n) is 6.21. The number of urea groups is 1. The van der Waals surface area contributed by atoms with Crippen LogP contribution in [-0.2, 0) is 4.79 Å². The van der Waals surface area contributed by atoms with Crippen molar-refractivity contribution in [3.63, 3.8) is 0 Å². The quantitative estimate of drug-likeness (QED) is 0.677. The van der Waals surface area contributed by atoms with Crippen molar-refractivity contribution in [1.29, 1.82) is 0 Å². The lowest BCUT2D eigenvalue weighted by molar-refractivity contribution is -0.137. The number of amides is 2. The Bertz CT molecular complexity index is 269. The first kappa shape index (κ1) is 16.7. The highest BCUT2D eigenvalue weighted by molar-refractivity contribution is 5.74. The molecule has 6 nitrogen and oxygen atoms in total. The molecule has 0 aromatic rings. The fourth-order valence-electron chi connectivity index (χ4n) is 1.41. The Morgan fingerprint density at radius 3 is 2.33 bits per heavy atom. The highest BCUT2D eigenvalue weighted by atomic mass is 16.4. The smallest absolute Gasteiger partial charge is 0.317 e. The minimum atomic E-state index is -0.830. The third kappa shape index (κ3) is 8.81. The molecule has 0 saturated carbocycles. The van der Waals surface area contributed by atoms with Crippen molar-refractivity contribution in [3.05, 3.63) is 0 Å². The summed E-state index contributed by atoms with van der Waals surface area (Å²) in [5.41, 5.74) is 0. The summed E-state index contributed by atoms with van der Waals surface area (Å²) in [6, 6.07) is -0.0338. The third-order valence-electron chi connectivity index (χ3n) is 2.61. The molecule has 1 atom stereocenters. The molecule has 0 aromatic carbocycles. The Balaban J connectivity index is 3.81. The maximum absolute atomic E-state index is 11.7. The van der Waals surface area contributed by atoms with Crippen molar-refractivity contribution in [2.75, 3.05) is 34.2 Å². The molecule has 0 rings (SSSR count). The second-order valence-electron chi connectivity index (χ2n) is 4.86. The summed E-state index contributed by atoms with van der Waals surface area (Å²) < 4.78 is 0. The van der Waals surface area contributed by atoms with E-state index in [0.717, 1.165) is 13.0 Å². The van der Waals surface area contributed by atoms with Crippen LogP contribution in [0.4, 0.5) is 4.79 Å². The van der Waals surface area contributed by atoms with Gasteiger partial charge in [-0.05, 0) is 40.4 Å². The highest BCUT2D eigenvalue weighted by Gasteiger charge is 2.12. The molecular formula is C12H25N3O3. The zero-order chi connectivity index (χ0) is 14.1. The van der Waals surface area contributed by atoms with E-state index < -0.39 is 5.97 Å². The molecule has 0 fully saturated rings. The van der Waals surface area contributed by atoms with Gasteiger partial charge >= 0.3 is 12.0 Å². The summed E-state index contributed by atoms with van der Waals surface area (Å²) >= 11 is 0. The molecule has 0 aromatic heterocycles. The van der Waals surface area contributed by atoms with Crippen LogP contribution in [0.25, 0.3) is 0 Å². The Labute approximate surface area is 109 Å². The number of carbonyl (C=O) groups excluding carboxylic acids is 1. The average molecular weight is 259 g/mol. The first-order chi connectivity index (χ1) is 8.32. The molecule has 0 aliphatic carbocycles. The Morgan fingerprint density at radius 2 is 1.83 bits per heavy atom. The van der Waals surface area contributed by atoms with E-state index in [2.05, 4.69) is 10.2 Å². The summed E-state index contributed by atoms with van der Waals surface area (Å²) in [6.45, 7) is 3.34. The van der Waals surface area contributed by atoms with Crippen molar-refractivity contribution < 1.29 is 14.7 Å². The van der Waals surface area contributed by atoms with Crippen molar-refractivity contribution in [3.8, 4) is 0 Å². The van der Waals surface area contributed by atoms with Crippen LogP contribution in [0.5, 0.6) is 0 Å². The molecular weight excluding hydrogens is 234 g/mol. The molecule has 6 heteroatoms. The largest absolute Gasteiger partial charge is 0.481 e. The number of hydrogen-bond acceptors (Lipinski definition) is 3. The van der Waals surface area contributed by atoms with E-state index in [1.165, 1.54) is 4.90 Å². The van der Waals surface area contributed by atoms with Crippen LogP contribution in [0.3, 0.4) is 0 Å². The van der Waals surface area contributed by atoms with Crippen LogP contribution >= 0.6 is 0 Å². The highest BCUT2D eigenvalue weighted by Crippen LogP contribution is 1.97. The second-order valence-corrected chi connectivity index (χ2v) is 4.86. The van der Waals surface area contributed by atoms with Crippen LogP contribution in [-0.4, -0.2) is 67.2 Å². The molecule has 0 aliphatic heterocycles. The standard InChI is InChI=1S/C12H25N3O3/c1-10(7-9-14(2)3)13-12(18)15(4)8-5-6-11(16)17/h10H,5-9H2,1-4H3,(H,13,18)(H,16,17). The van der Waals surface area contributed by atoms with Gasteiger partial charge in [0.05, 0.1) is 0 Å². The minimum absolute atomic E-state index is 0.0911. The molecule has 2 N–H and O–H groups in total. The lowest BCUT2D eigenvalue weighted by Crippen LogP contribution is -2.43. The third-order valence-corrected chi connectivity index (χ3v) is 2.61. The predicted molar refractivity (Wildman–Crippen MR) is 70.7 cm³/mol. The SMILES string of the molecule is CC(CCN(C)C)NC(=O)N(C)CCCC(=O)O. The number of carboxylic acids is 1. The van der Waals surface area contributed by atoms with E-state index in [9.17, 15) is 9.59 Å². The number of nitrogens with zero attached hydrogens (tertiary/aromatic N) is 2. The van der Waals surface area contributed by atoms with Gasteiger partial charge in [0.15, 0.2) is 0 Å². The van der Waals surface area contributed by atoms with E-state index in [0.29, 0.717) is 13.0 Å². The van der Waals surface area contributed by atoms with E-state index in [-0.39, 0.29) is 18.5 Å². The number of nitrogens with one attached hydrogen (secondary N) is 1. The second kappa shape index (κ2) is 8.74. The minimum Gasteiger partial charge on any atom is -0.481 e. The number of aliphatic carboxylic acids is 1. The Hall–Kier alpha value is -1.30. The topological polar surface area (TPSA) is 72.9 Å². The molecule has 0 heterocycles. The van der Waals surface area contributed by atoms with Gasteiger partial charge in [0.2, 0.25) is 0 Å². The van der Waals surface area contributed by atoms with E-state index in [1.54, 1.807) is 7.05 Å². The average Bonchev–Trinajstić information content (AvgIpc) is 2.25. The monoisotopic (exact) mass is 259 g/mol. The van der Waals surface area contributed by atoms with E-state index in [1.807, 2.05) is 21.0 Å². The zero-order valence-corrected chi connectivity index (χ0v) is 11.8. The van der Waals surface area contributed by atoms with E-state index >= 15 is 0 Å². The molecule has 0 radical (unpaired) electrons. The molecule has 2 amide bonds. The number of rotatable bonds is 8. The maximum Gasteiger partial charge on any atom is 0.317 e. The van der Waals surface area contributed by atoms with Gasteiger partial charge in [0, 0.05) is 26.1 Å². The van der Waals surface area contributed by atoms with Crippen molar-refractivity contribution in [2.24, 2.45) is 0 Å². The Kier molecular flexibility index (Phi) is 8.11. The molecule has 0 spiro atoms. The lowest BCUT2D eigenvalue weighted by atomic mass is 10.2. The lowest BCUT2D eigenvalue weighted by Gasteiger charge is -2.22. The molecule has 18 heavy (non-hydrogen) atoms. The number of carboxylic acid groups (broad SMARTS) is 1. The van der Waals surface area contributed by atoms with Gasteiger partial charge in [-0.1, -0.05) is 0 Å². The van der Waals surface area contributed by atoms with Crippen LogP contribution in [0, 0.1) is 0 Å². The van der Waals surface area contributed by atoms with Crippen LogP contribution in [0.15, 0.2) is 0 Å². The van der Waals surface area contributed by atoms with E-state index in [4.69, 9.17) is 5.11 Å². The molecule has 0 aliphatic rings. The van der Waals surface area contributed by atoms with Crippen LogP contribution in [0.2, 0.25) is 0 Å². The normalized spacial score (nSPS) is 12.3. The summed E-state index contributed by atoms with van der Waals surface area (Å²) in [4.78, 5) is 25.7. The number of hydrogen-bond donors (Lipinski definition) is 2. The summed E-state index contributed by atoms with van der Waals surface area (Å²) in [7, 11) is 5.66. The Morgan fingerprint density at radius 1 is 1.22 bits per heavy atom. The van der Waals surface area contributed by atoms with Gasteiger partial charge in [-0.2, -0.15) is 0 Å². The van der Waals surface area contributed by atoms with Gasteiger partial charge in [-0.15, -0.1) is 0 Å². The molecule has 0 bridgehead atoms. The zero-order valence-electron chi connectivity index (χ0n) is 11.8. The fraction of sp³-hybridized carbons (Fsp3) is 0.833. The van der Waals surface area contributed by atoms with Gasteiger partial charge in [0.25, 0.3) is 0 Å².